The van der Waals surface area contributed by atoms with Crippen LogP contribution in [-0.2, 0) is 62.0 Å². The van der Waals surface area contributed by atoms with E-state index in [1.54, 1.807) is 97.0 Å². The van der Waals surface area contributed by atoms with Crippen molar-refractivity contribution >= 4 is 130 Å². The molecule has 3 fully saturated rings. The molecule has 3 aromatic heterocycles. The van der Waals surface area contributed by atoms with Crippen molar-refractivity contribution in [1.29, 1.82) is 0 Å². The summed E-state index contributed by atoms with van der Waals surface area (Å²) in [5, 5.41) is 101. The molecule has 3 aliphatic heterocycles. The number of carboxylic acids is 3. The molecule has 0 saturated carbocycles. The Kier molecular flexibility index (Phi) is 41.7. The van der Waals surface area contributed by atoms with E-state index in [2.05, 4.69) is 97.0 Å². The number of halogens is 1. The minimum atomic E-state index is -2.30. The van der Waals surface area contributed by atoms with Crippen molar-refractivity contribution in [3.63, 3.8) is 0 Å². The SMILES string of the molecule is CC(C)[C@H](NC(=O)[C@H](/C=C/c1ccc2ccc([C@@H](C)O)nc2c1)[C@H](C)O)C(=O)N[C@@H](C)C(=O)N1CCC[C@@H](C(=O)O)N1.CC(C)[C@H](NC(=O)[C@H](/C=C/c1ccc2ccc([C@@H](C)O)nc2c1)[C@H](C)O)C(=O)N[C@@H](C)C(=O)N1CCC[C@@H](C(=O)O)N1.CC(C)[C@H](NC(=O)[C@H](/C=C/c1ccc2ccc([C@@H](C)O)nc2c1)[C@H](C)O[Si](C)(C)C(C)(C)C)C(=O)N[C@@H](C)C(=O)N1CCC[C@@H](C(=O)O)N1.F. The highest BCUT2D eigenvalue weighted by atomic mass is 28.4. The first-order valence-electron chi connectivity index (χ1n) is 45.4. The zero-order chi connectivity index (χ0) is 99.1. The first-order chi connectivity index (χ1) is 62.3. The lowest BCUT2D eigenvalue weighted by Crippen LogP contribution is -2.61. The van der Waals surface area contributed by atoms with Crippen LogP contribution in [-0.4, -0.2) is 243 Å². The molecule has 0 aliphatic carbocycles. The Labute approximate surface area is 782 Å². The first-order valence-corrected chi connectivity index (χ1v) is 48.3. The van der Waals surface area contributed by atoms with Crippen LogP contribution >= 0.6 is 0 Å². The number of amides is 9. The van der Waals surface area contributed by atoms with Crippen molar-refractivity contribution in [1.82, 2.24) is 78.2 Å². The fourth-order valence-corrected chi connectivity index (χ4v) is 16.2. The maximum Gasteiger partial charge on any atom is 0.322 e. The van der Waals surface area contributed by atoms with E-state index in [4.69, 9.17) is 4.43 Å². The van der Waals surface area contributed by atoms with Crippen molar-refractivity contribution in [2.75, 3.05) is 19.6 Å². The Morgan fingerprint density at radius 2 is 0.649 bits per heavy atom. The number of carbonyl (C=O) groups is 12. The molecule has 0 radical (unpaired) electrons. The second-order valence-corrected chi connectivity index (χ2v) is 41.9. The van der Waals surface area contributed by atoms with Crippen molar-refractivity contribution in [3.8, 4) is 0 Å². The van der Waals surface area contributed by atoms with Crippen LogP contribution in [0.3, 0.4) is 0 Å². The topological polar surface area (TPSA) is 533 Å². The average Bonchev–Trinajstić information content (AvgIpc) is 0.874. The number of hydrogen-bond acceptors (Lipinski definition) is 24. The average molecular weight is 1890 g/mol. The quantitative estimate of drug-likeness (QED) is 0.0169. The molecule has 38 heteroatoms. The van der Waals surface area contributed by atoms with Gasteiger partial charge in [-0.25, -0.2) is 16.3 Å². The molecule has 0 spiro atoms. The number of rotatable bonds is 35. The highest BCUT2D eigenvalue weighted by molar-refractivity contribution is 6.74. The zero-order valence-electron chi connectivity index (χ0n) is 80.1. The molecule has 9 amide bonds. The Morgan fingerprint density at radius 3 is 0.888 bits per heavy atom. The third-order valence-corrected chi connectivity index (χ3v) is 28.5. The van der Waals surface area contributed by atoms with Crippen LogP contribution in [0.25, 0.3) is 50.9 Å². The normalized spacial score (nSPS) is 19.0. The Hall–Kier alpha value is -11.5. The van der Waals surface area contributed by atoms with Gasteiger partial charge in [-0.05, 0) is 190 Å². The van der Waals surface area contributed by atoms with Crippen molar-refractivity contribution < 1.29 is 108 Å². The number of pyridine rings is 3. The smallest absolute Gasteiger partial charge is 0.322 e. The van der Waals surface area contributed by atoms with E-state index in [1.807, 2.05) is 99.6 Å². The molecular weight excluding hydrogens is 1750 g/mol. The third-order valence-electron chi connectivity index (χ3n) is 23.9. The fourth-order valence-electron chi connectivity index (χ4n) is 14.7. The van der Waals surface area contributed by atoms with Gasteiger partial charge in [0.2, 0.25) is 35.4 Å². The molecule has 134 heavy (non-hydrogen) atoms. The minimum Gasteiger partial charge on any atom is -0.480 e. The predicted molar refractivity (Wildman–Crippen MR) is 508 cm³/mol. The van der Waals surface area contributed by atoms with Gasteiger partial charge in [-0.1, -0.05) is 153 Å². The van der Waals surface area contributed by atoms with Crippen LogP contribution in [0.15, 0.2) is 109 Å². The molecule has 0 unspecified atom stereocenters. The molecule has 9 rings (SSSR count). The van der Waals surface area contributed by atoms with Gasteiger partial charge in [-0.2, -0.15) is 0 Å². The maximum atomic E-state index is 14.1. The molecule has 0 bridgehead atoms. The summed E-state index contributed by atoms with van der Waals surface area (Å²) < 4.78 is 6.66. The maximum absolute atomic E-state index is 14.1. The van der Waals surface area contributed by atoms with Crippen LogP contribution in [0, 0.1) is 35.5 Å². The van der Waals surface area contributed by atoms with Gasteiger partial charge in [0, 0.05) is 35.8 Å². The Morgan fingerprint density at radius 1 is 0.396 bits per heavy atom. The van der Waals surface area contributed by atoms with Gasteiger partial charge >= 0.3 is 17.9 Å². The van der Waals surface area contributed by atoms with Crippen molar-refractivity contribution in [2.45, 2.75) is 272 Å². The fraction of sp³-hybridized carbons (Fsp3) is 0.531. The van der Waals surface area contributed by atoms with Crippen LogP contribution in [0.4, 0.5) is 4.70 Å². The number of carbonyl (C=O) groups excluding carboxylic acids is 9. The molecule has 6 aromatic rings. The number of fused-ring (bicyclic) bond motifs is 3. The number of aromatic nitrogens is 3. The van der Waals surface area contributed by atoms with Crippen LogP contribution in [0.5, 0.6) is 0 Å². The monoisotopic (exact) mass is 1880 g/mol. The highest BCUT2D eigenvalue weighted by Crippen LogP contribution is 2.39. The lowest BCUT2D eigenvalue weighted by Gasteiger charge is -2.40. The van der Waals surface area contributed by atoms with Gasteiger partial charge in [0.15, 0.2) is 8.32 Å². The largest absolute Gasteiger partial charge is 0.480 e. The first kappa shape index (κ1) is 111. The zero-order valence-corrected chi connectivity index (χ0v) is 81.1. The number of carboxylic acid groups (broad SMARTS) is 3. The van der Waals surface area contributed by atoms with Gasteiger partial charge in [-0.15, -0.1) is 0 Å². The second-order valence-electron chi connectivity index (χ2n) is 37.1. The molecule has 17 N–H and O–H groups in total. The van der Waals surface area contributed by atoms with Gasteiger partial charge < -0.3 is 77.2 Å². The summed E-state index contributed by atoms with van der Waals surface area (Å²) in [6, 6.07) is 19.3. The van der Waals surface area contributed by atoms with E-state index in [0.29, 0.717) is 91.8 Å². The lowest BCUT2D eigenvalue weighted by atomic mass is 9.97. The van der Waals surface area contributed by atoms with E-state index in [1.165, 1.54) is 49.6 Å². The standard InChI is InChI=1S/C36H55N5O7Si.2C30H41N5O7.FH/c1-21(2)31(33(44)37-22(3)34(45)41-19-11-12-29(40-41)35(46)47)39-32(43)27(24(5)48-49(9,10)36(6,7)8)17-14-25-13-15-26-16-18-28(23(4)42)38-30(26)20-25;2*1-16(2)26(28(39)31-17(3)29(40)35-14-6-7-24(34-35)30(41)42)33-27(38)22(18(4)36)12-9-20-8-10-21-11-13-23(19(5)37)32-25(21)15-20;/h13-18,20-24,27,29,31,40,42H,11-12,19H2,1-10H3,(H,37,44)(H,39,43)(H,46,47);2*8-13,15-19,22,24,26,34,36-37H,6-7,14H2,1-5H3,(H,31,39)(H,33,38)(H,41,42);1H/b17-14+;2*12-9+;/t22-,23+,24-,27+,29-,31-;2*17-,18-,19+,22+,24-,26-;/m000./s1. The van der Waals surface area contributed by atoms with E-state index in [0.717, 1.165) is 32.8 Å². The summed E-state index contributed by atoms with van der Waals surface area (Å²) in [5.41, 5.74) is 14.0. The molecule has 734 valence electrons. The summed E-state index contributed by atoms with van der Waals surface area (Å²) in [4.78, 5) is 167. The molecule has 3 aliphatic rings. The number of aliphatic carboxylic acids is 3. The molecule has 18 atom stereocenters. The van der Waals surface area contributed by atoms with E-state index >= 15 is 0 Å². The number of nitrogens with zero attached hydrogens (tertiary/aromatic N) is 6. The molecule has 3 aromatic carbocycles. The van der Waals surface area contributed by atoms with Gasteiger partial charge in [0.05, 0.1) is 88.0 Å². The van der Waals surface area contributed by atoms with E-state index < -0.39 is 188 Å². The van der Waals surface area contributed by atoms with Crippen LogP contribution in [0.1, 0.15) is 215 Å². The summed E-state index contributed by atoms with van der Waals surface area (Å²) in [5.74, 6) is -11.5. The molecule has 3 saturated heterocycles. The summed E-state index contributed by atoms with van der Waals surface area (Å²) in [7, 11) is -2.30. The minimum absolute atomic E-state index is 0. The molecular formula is C96H138FN15O21Si. The lowest BCUT2D eigenvalue weighted by molar-refractivity contribution is -0.149. The predicted octanol–water partition coefficient (Wildman–Crippen LogP) is 7.75. The van der Waals surface area contributed by atoms with Gasteiger partial charge in [0.1, 0.15) is 54.4 Å². The Balaban J connectivity index is 0.000000309. The summed E-state index contributed by atoms with van der Waals surface area (Å²) in [6.07, 6.45) is 8.05. The second kappa shape index (κ2) is 50.2. The number of aliphatic hydroxyl groups excluding tert-OH is 5. The van der Waals surface area contributed by atoms with E-state index in [-0.39, 0.29) is 27.5 Å². The number of benzene rings is 3. The van der Waals surface area contributed by atoms with Crippen molar-refractivity contribution in [3.05, 3.63) is 143 Å². The number of hydrazine groups is 3. The summed E-state index contributed by atoms with van der Waals surface area (Å²) in [6.45, 7) is 36.5. The number of hydrogen-bond donors (Lipinski definition) is 17. The summed E-state index contributed by atoms with van der Waals surface area (Å²) >= 11 is 0. The number of aliphatic hydroxyl groups is 5. The van der Waals surface area contributed by atoms with Gasteiger partial charge in [0.25, 0.3) is 17.7 Å². The molecule has 36 nitrogen and oxygen atoms in total. The van der Waals surface area contributed by atoms with E-state index in [9.17, 15) is 98.4 Å². The van der Waals surface area contributed by atoms with Crippen molar-refractivity contribution in [2.24, 2.45) is 35.5 Å². The third kappa shape index (κ3) is 31.6. The van der Waals surface area contributed by atoms with Crippen LogP contribution in [0.2, 0.25) is 18.1 Å². The molecule has 6 heterocycles. The highest BCUT2D eigenvalue weighted by Gasteiger charge is 2.43. The number of nitrogens with one attached hydrogen (secondary N) is 9. The Bertz CT molecular complexity index is 5000. The van der Waals surface area contributed by atoms with Crippen LogP contribution < -0.4 is 48.2 Å². The van der Waals surface area contributed by atoms with Gasteiger partial charge in [-0.3, -0.25) is 92.2 Å².